The minimum Gasteiger partial charge on any atom is -0.508 e. The average molecular weight is 1370 g/mol. The van der Waals surface area contributed by atoms with Gasteiger partial charge in [-0.05, 0) is 160 Å². The number of hydrogen-bond acceptors (Lipinski definition) is 14. The molecule has 16 nitrogen and oxygen atoms in total. The zero-order valence-electron chi connectivity index (χ0n) is 55.5. The quantitative estimate of drug-likeness (QED) is 0.0213. The minimum atomic E-state index is -6.24. The summed E-state index contributed by atoms with van der Waals surface area (Å²) in [5.74, 6) is 0.122. The Hall–Kier alpha value is -9.67. The summed E-state index contributed by atoms with van der Waals surface area (Å²) in [6, 6.07) is 50.6. The van der Waals surface area contributed by atoms with Crippen LogP contribution in [0.1, 0.15) is 121 Å². The second-order valence-electron chi connectivity index (χ2n) is 26.3. The van der Waals surface area contributed by atoms with Gasteiger partial charge in [-0.2, -0.15) is 13.2 Å². The molecule has 9 aromatic rings. The van der Waals surface area contributed by atoms with Gasteiger partial charge in [0, 0.05) is 70.7 Å². The Kier molecular flexibility index (Phi) is 21.0. The molecule has 0 fully saturated rings. The Labute approximate surface area is 562 Å². The number of rotatable bonds is 19. The van der Waals surface area contributed by atoms with Crippen LogP contribution in [0, 0.1) is 0 Å². The van der Waals surface area contributed by atoms with Crippen molar-refractivity contribution < 1.29 is 90.4 Å². The number of carbonyl (C=O) groups is 2. The summed E-state index contributed by atoms with van der Waals surface area (Å²) in [4.78, 5) is 23.0. The van der Waals surface area contributed by atoms with Crippen LogP contribution in [0.5, 0.6) is 51.7 Å². The first-order valence-electron chi connectivity index (χ1n) is 30.7. The van der Waals surface area contributed by atoms with Gasteiger partial charge >= 0.3 is 17.6 Å². The first-order valence-corrected chi connectivity index (χ1v) is 34.7. The molecular weight excluding hydrogens is 1290 g/mol. The summed E-state index contributed by atoms with van der Waals surface area (Å²) in [5.41, 5.74) is -2.98. The zero-order valence-corrected chi connectivity index (χ0v) is 57.2. The zero-order chi connectivity index (χ0) is 71.3. The maximum Gasteiger partial charge on any atom is 0.514 e. The molecule has 97 heavy (non-hydrogen) atoms. The third-order valence-corrected chi connectivity index (χ3v) is 27.5. The van der Waals surface area contributed by atoms with E-state index >= 15 is 13.2 Å². The molecule has 0 saturated carbocycles. The highest BCUT2D eigenvalue weighted by Gasteiger charge is 2.66. The molecule has 9 aromatic carbocycles. The van der Waals surface area contributed by atoms with E-state index in [0.29, 0.717) is 28.0 Å². The van der Waals surface area contributed by atoms with Crippen LogP contribution in [0.4, 0.5) is 18.0 Å². The van der Waals surface area contributed by atoms with E-state index in [1.807, 2.05) is 85.7 Å². The van der Waals surface area contributed by atoms with Crippen LogP contribution in [0.3, 0.4) is 0 Å². The lowest BCUT2D eigenvalue weighted by atomic mass is 9.72. The number of alkyl halides is 3. The summed E-state index contributed by atoms with van der Waals surface area (Å²) in [5, 5.41) is 62.6. The topological polar surface area (TPSA) is 259 Å². The van der Waals surface area contributed by atoms with Gasteiger partial charge < -0.3 is 54.3 Å². The third kappa shape index (κ3) is 14.6. The number of benzene rings is 9. The van der Waals surface area contributed by atoms with Crippen LogP contribution in [-0.4, -0.2) is 87.0 Å². The fourth-order valence-corrected chi connectivity index (χ4v) is 20.4. The van der Waals surface area contributed by atoms with Gasteiger partial charge in [0.05, 0.1) is 0 Å². The Morgan fingerprint density at radius 3 is 1.07 bits per heavy atom. The van der Waals surface area contributed by atoms with Crippen molar-refractivity contribution in [3.63, 3.8) is 0 Å². The number of esters is 1. The molecule has 0 aliphatic heterocycles. The van der Waals surface area contributed by atoms with E-state index in [2.05, 4.69) is 0 Å². The van der Waals surface area contributed by atoms with Crippen molar-refractivity contribution in [3.05, 3.63) is 251 Å². The van der Waals surface area contributed by atoms with Crippen molar-refractivity contribution in [2.45, 2.75) is 124 Å². The molecule has 9 rings (SSSR count). The Morgan fingerprint density at radius 1 is 0.412 bits per heavy atom. The SMILES string of the molecule is CC(C)(C)OC(=O)Oc1ccc(C(C)(C)c2cc(C(C)(C)c3ccc(OCC(=O)OCCOc4ccc(S(c5ccccc5)(c5ccccc5)(C(F)(F)F)=S(=O)(O)O)cc4)cc3)c(O)cc2O)cc1.CC(C)(c1ccc(O)cc1)c1cc(C(C)(C)c2ccc(O)cc2)c(O)cc1O. The fraction of sp³-hybridized carbons (Fsp3) is 0.263. The molecule has 0 spiro atoms. The lowest BCUT2D eigenvalue weighted by molar-refractivity contribution is -0.146. The van der Waals surface area contributed by atoms with E-state index in [1.54, 1.807) is 99.6 Å². The highest BCUT2D eigenvalue weighted by atomic mass is 32.9. The van der Waals surface area contributed by atoms with Gasteiger partial charge in [0.2, 0.25) is 9.05 Å². The number of hydrogen-bond donors (Lipinski definition) is 8. The molecule has 21 heteroatoms. The van der Waals surface area contributed by atoms with Crippen LogP contribution in [0.2, 0.25) is 0 Å². The van der Waals surface area contributed by atoms with Crippen molar-refractivity contribution in [2.75, 3.05) is 19.8 Å². The van der Waals surface area contributed by atoms with Crippen LogP contribution in [0.25, 0.3) is 0 Å². The van der Waals surface area contributed by atoms with Gasteiger partial charge in [-0.3, -0.25) is 9.11 Å². The number of phenolic OH excluding ortho intramolecular Hbond substituents is 6. The molecular formula is C76H81F3O16S2. The van der Waals surface area contributed by atoms with Gasteiger partial charge in [0.25, 0.3) is 0 Å². The smallest absolute Gasteiger partial charge is 0.508 e. The standard InChI is InChI=1S/C52H55F3O12S2.C24H26O4/c1-49(2,3)67-48(59)66-39-24-20-36(21-25-39)51(6,7)44-32-43(45(56)33-46(44)57)50(4,5)35-18-22-38(23-19-35)65-34-47(58)64-31-30-63-37-26-28-42(29-27-37)69(52(53,54)55,68(60,61)62,40-14-10-8-11-15-40)41-16-12-9-13-17-41;1-23(2,15-5-9-17(25)10-6-15)19-13-20(22(28)14-21(19)27)24(3,4)16-7-11-18(26)12-8-16/h8-29,32-33,56-57H,30-31,34H2,1-7H3,(H2,60,61,62);5-14,25-28H,1-4H3. The van der Waals surface area contributed by atoms with E-state index < -0.39 is 83.0 Å². The van der Waals surface area contributed by atoms with Gasteiger partial charge in [-0.25, -0.2) is 13.8 Å². The van der Waals surface area contributed by atoms with E-state index in [4.69, 9.17) is 23.7 Å². The number of phenols is 6. The number of ether oxygens (including phenoxy) is 5. The predicted octanol–water partition coefficient (Wildman–Crippen LogP) is 17.1. The summed E-state index contributed by atoms with van der Waals surface area (Å²) >= 11 is 0. The summed E-state index contributed by atoms with van der Waals surface area (Å²) in [6.07, 6.45) is -0.831. The molecule has 0 bridgehead atoms. The van der Waals surface area contributed by atoms with Gasteiger partial charge in [0.1, 0.15) is 70.6 Å². The van der Waals surface area contributed by atoms with Crippen molar-refractivity contribution in [1.82, 2.24) is 0 Å². The van der Waals surface area contributed by atoms with Crippen molar-refractivity contribution in [3.8, 4) is 51.7 Å². The van der Waals surface area contributed by atoms with Gasteiger partial charge in [-0.15, -0.1) is 0 Å². The van der Waals surface area contributed by atoms with E-state index in [9.17, 15) is 53.5 Å². The van der Waals surface area contributed by atoms with Crippen LogP contribution in [0.15, 0.2) is 221 Å². The molecule has 0 aliphatic carbocycles. The van der Waals surface area contributed by atoms with Gasteiger partial charge in [-0.1, -0.05) is 140 Å². The summed E-state index contributed by atoms with van der Waals surface area (Å²) in [6.45, 7) is 19.9. The third-order valence-electron chi connectivity index (χ3n) is 17.3. The molecule has 514 valence electrons. The van der Waals surface area contributed by atoms with Crippen molar-refractivity contribution in [1.29, 1.82) is 0 Å². The Balaban J connectivity index is 0.000000356. The Morgan fingerprint density at radius 2 is 0.732 bits per heavy atom. The maximum absolute atomic E-state index is 15.9. The highest BCUT2D eigenvalue weighted by Crippen LogP contribution is 2.64. The molecule has 0 aliphatic rings. The number of aromatic hydroxyl groups is 6. The molecule has 0 radical (unpaired) electrons. The molecule has 0 aromatic heterocycles. The van der Waals surface area contributed by atoms with Crippen LogP contribution in [-0.2, 0) is 52.7 Å². The first kappa shape index (κ1) is 73.1. The molecule has 0 amide bonds. The lowest BCUT2D eigenvalue weighted by Crippen LogP contribution is -2.52. The fourth-order valence-electron chi connectivity index (χ4n) is 11.8. The van der Waals surface area contributed by atoms with Crippen molar-refractivity contribution in [2.24, 2.45) is 0 Å². The number of halogens is 3. The van der Waals surface area contributed by atoms with Crippen LogP contribution < -0.4 is 14.2 Å². The van der Waals surface area contributed by atoms with E-state index in [0.717, 1.165) is 58.7 Å². The minimum absolute atomic E-state index is 0.0147. The molecule has 0 atom stereocenters. The maximum atomic E-state index is 15.9. The lowest BCUT2D eigenvalue weighted by Gasteiger charge is -2.50. The number of carbonyl (C=O) groups excluding carboxylic acids is 2. The second-order valence-corrected chi connectivity index (χ2v) is 34.2. The summed E-state index contributed by atoms with van der Waals surface area (Å²) in [7, 11) is -12.0. The monoisotopic (exact) mass is 1370 g/mol. The first-order chi connectivity index (χ1) is 45.3. The average Bonchev–Trinajstić information content (AvgIpc) is 0.654. The predicted molar refractivity (Wildman–Crippen MR) is 367 cm³/mol. The van der Waals surface area contributed by atoms with Gasteiger partial charge in [0.15, 0.2) is 6.61 Å². The molecule has 0 heterocycles. The summed E-state index contributed by atoms with van der Waals surface area (Å²) < 4.78 is 110. The molecule has 0 unspecified atom stereocenters. The second kappa shape index (κ2) is 27.8. The van der Waals surface area contributed by atoms with Crippen molar-refractivity contribution >= 4 is 28.9 Å². The van der Waals surface area contributed by atoms with E-state index in [-0.39, 0.29) is 59.2 Å². The van der Waals surface area contributed by atoms with E-state index in [1.165, 1.54) is 60.7 Å². The normalized spacial score (nSPS) is 12.8. The molecule has 8 N–H and O–H groups in total. The highest BCUT2D eigenvalue weighted by molar-refractivity contribution is 8.62. The van der Waals surface area contributed by atoms with Crippen LogP contribution >= 0.6 is 0 Å². The molecule has 0 saturated heterocycles. The largest absolute Gasteiger partial charge is 0.514 e. The Bertz CT molecular complexity index is 4310.